The first-order chi connectivity index (χ1) is 9.21. The van der Waals surface area contributed by atoms with E-state index in [4.69, 9.17) is 5.73 Å². The number of aromatic amines is 1. The number of fused-ring (bicyclic) bond motifs is 2. The Bertz CT molecular complexity index is 639. The summed E-state index contributed by atoms with van der Waals surface area (Å²) in [5.74, 6) is 1.52. The average molecular weight is 259 g/mol. The van der Waals surface area contributed by atoms with Gasteiger partial charge in [0, 0.05) is 5.41 Å². The molecule has 2 fully saturated rings. The van der Waals surface area contributed by atoms with Crippen molar-refractivity contribution < 1.29 is 5.11 Å². The number of aromatic nitrogens is 4. The number of rotatable bonds is 1. The van der Waals surface area contributed by atoms with Crippen molar-refractivity contribution in [1.82, 2.24) is 19.9 Å². The fourth-order valence-electron chi connectivity index (χ4n) is 4.04. The minimum atomic E-state index is -0.220. The van der Waals surface area contributed by atoms with E-state index in [0.29, 0.717) is 17.0 Å². The molecule has 6 heteroatoms. The van der Waals surface area contributed by atoms with Crippen molar-refractivity contribution in [3.05, 3.63) is 12.2 Å². The molecule has 6 nitrogen and oxygen atoms in total. The van der Waals surface area contributed by atoms with Gasteiger partial charge in [-0.25, -0.2) is 15.0 Å². The molecule has 0 radical (unpaired) electrons. The number of aliphatic hydroxyl groups excluding tert-OH is 1. The topological polar surface area (TPSA) is 101 Å². The normalized spacial score (nSPS) is 33.9. The molecule has 2 heterocycles. The summed E-state index contributed by atoms with van der Waals surface area (Å²) in [7, 11) is 0. The van der Waals surface area contributed by atoms with Crippen LogP contribution in [0.5, 0.6) is 0 Å². The molecule has 0 aromatic carbocycles. The number of hydrogen-bond donors (Lipinski definition) is 3. The van der Waals surface area contributed by atoms with Gasteiger partial charge in [0.2, 0.25) is 0 Å². The van der Waals surface area contributed by atoms with Crippen LogP contribution in [0.4, 0.5) is 5.82 Å². The van der Waals surface area contributed by atoms with Gasteiger partial charge in [0.05, 0.1) is 12.4 Å². The molecule has 4 rings (SSSR count). The molecule has 0 amide bonds. The van der Waals surface area contributed by atoms with E-state index in [0.717, 1.165) is 37.9 Å². The van der Waals surface area contributed by atoms with Crippen molar-refractivity contribution in [2.75, 3.05) is 5.73 Å². The van der Waals surface area contributed by atoms with Crippen molar-refractivity contribution >= 4 is 17.0 Å². The summed E-state index contributed by atoms with van der Waals surface area (Å²) in [6.07, 6.45) is 6.40. The van der Waals surface area contributed by atoms with Gasteiger partial charge >= 0.3 is 0 Å². The van der Waals surface area contributed by atoms with E-state index in [1.165, 1.54) is 0 Å². The van der Waals surface area contributed by atoms with Crippen molar-refractivity contribution in [3.8, 4) is 0 Å². The highest BCUT2D eigenvalue weighted by Gasteiger charge is 2.53. The molecule has 19 heavy (non-hydrogen) atoms. The zero-order valence-electron chi connectivity index (χ0n) is 10.6. The van der Waals surface area contributed by atoms with Crippen LogP contribution in [0, 0.1) is 5.92 Å². The summed E-state index contributed by atoms with van der Waals surface area (Å²) in [5, 5.41) is 10.2. The summed E-state index contributed by atoms with van der Waals surface area (Å²) in [6, 6.07) is 0. The summed E-state index contributed by atoms with van der Waals surface area (Å²) in [6.45, 7) is 0. The molecule has 0 bridgehead atoms. The van der Waals surface area contributed by atoms with Crippen molar-refractivity contribution in [2.24, 2.45) is 5.92 Å². The van der Waals surface area contributed by atoms with Crippen molar-refractivity contribution in [1.29, 1.82) is 0 Å². The molecule has 0 saturated heterocycles. The van der Waals surface area contributed by atoms with Gasteiger partial charge in [0.1, 0.15) is 11.3 Å². The summed E-state index contributed by atoms with van der Waals surface area (Å²) in [5.41, 5.74) is 7.25. The molecule has 0 aliphatic heterocycles. The van der Waals surface area contributed by atoms with Crippen molar-refractivity contribution in [3.63, 3.8) is 0 Å². The third-order valence-corrected chi connectivity index (χ3v) is 4.96. The predicted octanol–water partition coefficient (Wildman–Crippen LogP) is 1.13. The van der Waals surface area contributed by atoms with E-state index in [-0.39, 0.29) is 17.4 Å². The van der Waals surface area contributed by atoms with Gasteiger partial charge in [-0.15, -0.1) is 0 Å². The third kappa shape index (κ3) is 1.37. The molecule has 4 N–H and O–H groups in total. The lowest BCUT2D eigenvalue weighted by molar-refractivity contribution is 0.117. The molecular formula is C13H17N5O. The highest BCUT2D eigenvalue weighted by Crippen LogP contribution is 2.54. The Balaban J connectivity index is 1.89. The Morgan fingerprint density at radius 3 is 3.11 bits per heavy atom. The van der Waals surface area contributed by atoms with E-state index >= 15 is 0 Å². The first-order valence-electron chi connectivity index (χ1n) is 6.86. The Hall–Kier alpha value is -1.69. The lowest BCUT2D eigenvalue weighted by atomic mass is 9.79. The SMILES string of the molecule is Nc1nc(C23CCCC2C(O)CC3)nc2nc[nH]c12. The number of imidazole rings is 1. The van der Waals surface area contributed by atoms with E-state index in [1.807, 2.05) is 0 Å². The lowest BCUT2D eigenvalue weighted by Gasteiger charge is -2.28. The van der Waals surface area contributed by atoms with Crippen LogP contribution in [0.25, 0.3) is 11.2 Å². The number of nitrogen functional groups attached to an aromatic ring is 1. The molecule has 2 aromatic heterocycles. The zero-order valence-corrected chi connectivity index (χ0v) is 10.6. The minimum Gasteiger partial charge on any atom is -0.393 e. The first kappa shape index (κ1) is 11.2. The molecule has 2 aliphatic rings. The van der Waals surface area contributed by atoms with Gasteiger partial charge in [-0.2, -0.15) is 0 Å². The largest absolute Gasteiger partial charge is 0.393 e. The van der Waals surface area contributed by atoms with E-state index in [1.54, 1.807) is 6.33 Å². The monoisotopic (exact) mass is 259 g/mol. The predicted molar refractivity (Wildman–Crippen MR) is 70.4 cm³/mol. The summed E-state index contributed by atoms with van der Waals surface area (Å²) in [4.78, 5) is 16.3. The maximum atomic E-state index is 10.2. The van der Waals surface area contributed by atoms with Gasteiger partial charge in [-0.3, -0.25) is 0 Å². The lowest BCUT2D eigenvalue weighted by Crippen LogP contribution is -2.32. The number of nitrogens with one attached hydrogen (secondary N) is 1. The van der Waals surface area contributed by atoms with Crippen LogP contribution in [0.2, 0.25) is 0 Å². The van der Waals surface area contributed by atoms with Gasteiger partial charge in [-0.1, -0.05) is 6.42 Å². The van der Waals surface area contributed by atoms with E-state index in [2.05, 4.69) is 19.9 Å². The molecule has 2 aliphatic carbocycles. The standard InChI is InChI=1S/C13H17N5O/c14-10-9-11(16-6-15-9)18-12(17-10)13-4-1-2-7(13)8(19)3-5-13/h6-8,19H,1-5H2,(H3,14,15,16,17,18). The van der Waals surface area contributed by atoms with Gasteiger partial charge in [-0.05, 0) is 31.6 Å². The van der Waals surface area contributed by atoms with Crippen LogP contribution in [-0.2, 0) is 5.41 Å². The number of H-pyrrole nitrogens is 1. The van der Waals surface area contributed by atoms with E-state index in [9.17, 15) is 5.11 Å². The molecule has 3 unspecified atom stereocenters. The molecule has 2 aromatic rings. The third-order valence-electron chi connectivity index (χ3n) is 4.96. The molecule has 3 atom stereocenters. The van der Waals surface area contributed by atoms with Crippen LogP contribution in [0.15, 0.2) is 6.33 Å². The Kier molecular flexibility index (Phi) is 2.15. The Labute approximate surface area is 110 Å². The highest BCUT2D eigenvalue weighted by molar-refractivity contribution is 5.80. The van der Waals surface area contributed by atoms with Gasteiger partial charge in [0.15, 0.2) is 11.5 Å². The second-order valence-electron chi connectivity index (χ2n) is 5.79. The minimum absolute atomic E-state index is 0.0827. The Morgan fingerprint density at radius 2 is 2.21 bits per heavy atom. The average Bonchev–Trinajstić information content (AvgIpc) is 3.06. The van der Waals surface area contributed by atoms with Crippen LogP contribution in [-0.4, -0.2) is 31.1 Å². The maximum absolute atomic E-state index is 10.2. The molecule has 100 valence electrons. The Morgan fingerprint density at radius 1 is 1.32 bits per heavy atom. The summed E-state index contributed by atoms with van der Waals surface area (Å²) < 4.78 is 0. The summed E-state index contributed by atoms with van der Waals surface area (Å²) >= 11 is 0. The number of hydrogen-bond acceptors (Lipinski definition) is 5. The fraction of sp³-hybridized carbons (Fsp3) is 0.615. The van der Waals surface area contributed by atoms with Crippen LogP contribution < -0.4 is 5.73 Å². The zero-order chi connectivity index (χ0) is 13.0. The highest BCUT2D eigenvalue weighted by atomic mass is 16.3. The number of nitrogens with zero attached hydrogens (tertiary/aromatic N) is 3. The van der Waals surface area contributed by atoms with Gasteiger partial charge < -0.3 is 15.8 Å². The van der Waals surface area contributed by atoms with Gasteiger partial charge in [0.25, 0.3) is 0 Å². The molecule has 2 saturated carbocycles. The number of aliphatic hydroxyl groups is 1. The molecule has 0 spiro atoms. The van der Waals surface area contributed by atoms with Crippen LogP contribution in [0.3, 0.4) is 0 Å². The second-order valence-corrected chi connectivity index (χ2v) is 5.79. The maximum Gasteiger partial charge on any atom is 0.183 e. The number of anilines is 1. The van der Waals surface area contributed by atoms with Crippen LogP contribution in [0.1, 0.15) is 37.9 Å². The smallest absolute Gasteiger partial charge is 0.183 e. The van der Waals surface area contributed by atoms with Crippen molar-refractivity contribution in [2.45, 2.75) is 43.6 Å². The van der Waals surface area contributed by atoms with Crippen LogP contribution >= 0.6 is 0 Å². The first-order valence-corrected chi connectivity index (χ1v) is 6.86. The fourth-order valence-corrected chi connectivity index (χ4v) is 4.04. The molecular weight excluding hydrogens is 242 g/mol. The second kappa shape index (κ2) is 3.66. The number of nitrogens with two attached hydrogens (primary N) is 1. The quantitative estimate of drug-likeness (QED) is 0.712. The van der Waals surface area contributed by atoms with E-state index < -0.39 is 0 Å².